The summed E-state index contributed by atoms with van der Waals surface area (Å²) in [5.74, 6) is 1.79. The van der Waals surface area contributed by atoms with Gasteiger partial charge in [-0.15, -0.1) is 0 Å². The molecule has 0 aliphatic heterocycles. The predicted octanol–water partition coefficient (Wildman–Crippen LogP) is 2.91. The number of aliphatic hydroxyl groups is 1. The highest BCUT2D eigenvalue weighted by Gasteiger charge is 2.27. The molecule has 2 aromatic rings. The summed E-state index contributed by atoms with van der Waals surface area (Å²) in [4.78, 5) is 0. The van der Waals surface area contributed by atoms with Crippen LogP contribution in [0.15, 0.2) is 28.7 Å². The molecule has 1 heterocycles. The lowest BCUT2D eigenvalue weighted by Gasteiger charge is -2.23. The molecule has 1 atom stereocenters. The highest BCUT2D eigenvalue weighted by molar-refractivity contribution is 5.35. The van der Waals surface area contributed by atoms with Crippen LogP contribution in [0.2, 0.25) is 0 Å². The molecule has 3 N–H and O–H groups in total. The first-order chi connectivity index (χ1) is 9.79. The molecule has 0 bridgehead atoms. The van der Waals surface area contributed by atoms with Gasteiger partial charge in [0, 0.05) is 24.2 Å². The van der Waals surface area contributed by atoms with Gasteiger partial charge < -0.3 is 19.9 Å². The maximum atomic E-state index is 10.6. The van der Waals surface area contributed by atoms with Crippen LogP contribution in [0.4, 0.5) is 0 Å². The van der Waals surface area contributed by atoms with Crippen LogP contribution in [-0.2, 0) is 12.1 Å². The zero-order valence-corrected chi connectivity index (χ0v) is 13.0. The molecule has 0 spiro atoms. The van der Waals surface area contributed by atoms with Gasteiger partial charge in [-0.3, -0.25) is 0 Å². The molecule has 21 heavy (non-hydrogen) atoms. The molecule has 2 rings (SSSR count). The van der Waals surface area contributed by atoms with Crippen molar-refractivity contribution < 1.29 is 14.6 Å². The van der Waals surface area contributed by atoms with Crippen LogP contribution in [0.5, 0.6) is 5.75 Å². The number of hydrogen-bond donors (Lipinski definition) is 3. The van der Waals surface area contributed by atoms with E-state index in [4.69, 9.17) is 4.42 Å². The predicted molar refractivity (Wildman–Crippen MR) is 82.3 cm³/mol. The van der Waals surface area contributed by atoms with E-state index in [0.29, 0.717) is 13.1 Å². The van der Waals surface area contributed by atoms with Crippen LogP contribution in [0.25, 0.3) is 0 Å². The van der Waals surface area contributed by atoms with Crippen LogP contribution in [0.1, 0.15) is 35.1 Å². The minimum absolute atomic E-state index is 0.267. The van der Waals surface area contributed by atoms with Crippen molar-refractivity contribution in [2.45, 2.75) is 39.8 Å². The summed E-state index contributed by atoms with van der Waals surface area (Å²) in [6, 6.07) is 7.35. The minimum atomic E-state index is -1.01. The zero-order chi connectivity index (χ0) is 15.6. The Morgan fingerprint density at radius 3 is 2.52 bits per heavy atom. The molecule has 0 saturated heterocycles. The van der Waals surface area contributed by atoms with Crippen LogP contribution in [0.3, 0.4) is 0 Å². The van der Waals surface area contributed by atoms with Gasteiger partial charge in [0.1, 0.15) is 22.9 Å². The fraction of sp³-hybridized carbons (Fsp3) is 0.412. The monoisotopic (exact) mass is 289 g/mol. The average molecular weight is 289 g/mol. The van der Waals surface area contributed by atoms with E-state index in [2.05, 4.69) is 5.32 Å². The number of rotatable bonds is 5. The fourth-order valence-corrected chi connectivity index (χ4v) is 2.56. The molecule has 4 nitrogen and oxygen atoms in total. The van der Waals surface area contributed by atoms with Gasteiger partial charge in [0.05, 0.1) is 0 Å². The Bertz CT molecular complexity index is 629. The van der Waals surface area contributed by atoms with Crippen molar-refractivity contribution in [3.05, 3.63) is 52.5 Å². The molecule has 114 valence electrons. The molecule has 0 saturated carbocycles. The SMILES string of the molecule is Cc1ccc(O)c(CNCC(C)(O)c2cc(C)oc2C)c1. The van der Waals surface area contributed by atoms with Crippen molar-refractivity contribution in [1.29, 1.82) is 0 Å². The second-order valence-corrected chi connectivity index (χ2v) is 5.84. The summed E-state index contributed by atoms with van der Waals surface area (Å²) in [6.45, 7) is 8.33. The molecule has 0 aliphatic rings. The molecule has 1 aromatic carbocycles. The molecular weight excluding hydrogens is 266 g/mol. The lowest BCUT2D eigenvalue weighted by Crippen LogP contribution is -2.35. The smallest absolute Gasteiger partial charge is 0.120 e. The molecule has 1 unspecified atom stereocenters. The van der Waals surface area contributed by atoms with Crippen molar-refractivity contribution in [2.75, 3.05) is 6.54 Å². The Labute approximate surface area is 125 Å². The standard InChI is InChI=1S/C17H23NO3/c1-11-5-6-16(19)14(7-11)9-18-10-17(4,20)15-8-12(2)21-13(15)3/h5-8,18-20H,9-10H2,1-4H3. The fourth-order valence-electron chi connectivity index (χ4n) is 2.56. The maximum absolute atomic E-state index is 10.6. The second-order valence-electron chi connectivity index (χ2n) is 5.84. The van der Waals surface area contributed by atoms with Gasteiger partial charge in [-0.05, 0) is 39.8 Å². The Balaban J connectivity index is 2.02. The first-order valence-corrected chi connectivity index (χ1v) is 7.09. The van der Waals surface area contributed by atoms with Crippen molar-refractivity contribution in [2.24, 2.45) is 0 Å². The topological polar surface area (TPSA) is 65.6 Å². The van der Waals surface area contributed by atoms with Crippen molar-refractivity contribution in [3.63, 3.8) is 0 Å². The number of aryl methyl sites for hydroxylation is 3. The summed E-state index contributed by atoms with van der Waals surface area (Å²) in [6.07, 6.45) is 0. The third-order valence-corrected chi connectivity index (χ3v) is 3.64. The third-order valence-electron chi connectivity index (χ3n) is 3.64. The van der Waals surface area contributed by atoms with Gasteiger partial charge in [0.15, 0.2) is 0 Å². The molecule has 0 radical (unpaired) electrons. The van der Waals surface area contributed by atoms with E-state index >= 15 is 0 Å². The number of benzene rings is 1. The summed E-state index contributed by atoms with van der Waals surface area (Å²) in [5.41, 5.74) is 1.70. The number of phenols is 1. The lowest BCUT2D eigenvalue weighted by atomic mass is 9.96. The highest BCUT2D eigenvalue weighted by atomic mass is 16.3. The molecular formula is C17H23NO3. The average Bonchev–Trinajstić information content (AvgIpc) is 2.73. The van der Waals surface area contributed by atoms with Gasteiger partial charge in [0.2, 0.25) is 0 Å². The minimum Gasteiger partial charge on any atom is -0.508 e. The van der Waals surface area contributed by atoms with E-state index in [1.807, 2.05) is 39.0 Å². The second kappa shape index (κ2) is 5.92. The van der Waals surface area contributed by atoms with E-state index in [0.717, 1.165) is 28.2 Å². The van der Waals surface area contributed by atoms with Gasteiger partial charge in [0.25, 0.3) is 0 Å². The van der Waals surface area contributed by atoms with E-state index < -0.39 is 5.60 Å². The van der Waals surface area contributed by atoms with E-state index in [1.165, 1.54) is 0 Å². The Kier molecular flexibility index (Phi) is 4.40. The van der Waals surface area contributed by atoms with E-state index in [-0.39, 0.29) is 5.75 Å². The number of phenolic OH excluding ortho intramolecular Hbond substituents is 1. The summed E-state index contributed by atoms with van der Waals surface area (Å²) in [7, 11) is 0. The van der Waals surface area contributed by atoms with Crippen molar-refractivity contribution >= 4 is 0 Å². The van der Waals surface area contributed by atoms with Crippen molar-refractivity contribution in [1.82, 2.24) is 5.32 Å². The Morgan fingerprint density at radius 1 is 1.19 bits per heavy atom. The molecule has 0 amide bonds. The molecule has 4 heteroatoms. The normalized spacial score (nSPS) is 14.1. The van der Waals surface area contributed by atoms with E-state index in [1.54, 1.807) is 13.0 Å². The van der Waals surface area contributed by atoms with Gasteiger partial charge >= 0.3 is 0 Å². The van der Waals surface area contributed by atoms with Crippen LogP contribution < -0.4 is 5.32 Å². The quantitative estimate of drug-likeness (QED) is 0.792. The van der Waals surface area contributed by atoms with Crippen LogP contribution in [0, 0.1) is 20.8 Å². The van der Waals surface area contributed by atoms with Crippen LogP contribution in [-0.4, -0.2) is 16.8 Å². The third kappa shape index (κ3) is 3.65. The summed E-state index contributed by atoms with van der Waals surface area (Å²) < 4.78 is 5.47. The first kappa shape index (κ1) is 15.6. The highest BCUT2D eigenvalue weighted by Crippen LogP contribution is 2.26. The zero-order valence-electron chi connectivity index (χ0n) is 13.0. The van der Waals surface area contributed by atoms with Gasteiger partial charge in [-0.2, -0.15) is 0 Å². The van der Waals surface area contributed by atoms with Gasteiger partial charge in [-0.25, -0.2) is 0 Å². The molecule has 0 aliphatic carbocycles. The lowest BCUT2D eigenvalue weighted by molar-refractivity contribution is 0.0551. The number of aromatic hydroxyl groups is 1. The van der Waals surface area contributed by atoms with E-state index in [9.17, 15) is 10.2 Å². The Hall–Kier alpha value is -1.78. The number of hydrogen-bond acceptors (Lipinski definition) is 4. The Morgan fingerprint density at radius 2 is 1.90 bits per heavy atom. The number of nitrogens with one attached hydrogen (secondary N) is 1. The first-order valence-electron chi connectivity index (χ1n) is 7.09. The largest absolute Gasteiger partial charge is 0.508 e. The maximum Gasteiger partial charge on any atom is 0.120 e. The molecule has 0 fully saturated rings. The number of furan rings is 1. The van der Waals surface area contributed by atoms with Gasteiger partial charge in [-0.1, -0.05) is 17.7 Å². The summed E-state index contributed by atoms with van der Waals surface area (Å²) >= 11 is 0. The summed E-state index contributed by atoms with van der Waals surface area (Å²) in [5, 5.41) is 23.6. The van der Waals surface area contributed by atoms with Crippen LogP contribution >= 0.6 is 0 Å². The molecule has 1 aromatic heterocycles. The van der Waals surface area contributed by atoms with Crippen molar-refractivity contribution in [3.8, 4) is 5.75 Å².